The maximum absolute atomic E-state index is 12.2. The summed E-state index contributed by atoms with van der Waals surface area (Å²) in [6.07, 6.45) is 1.60. The number of aliphatic hydroxyl groups excluding tert-OH is 1. The van der Waals surface area contributed by atoms with Gasteiger partial charge in [0, 0.05) is 6.54 Å². The van der Waals surface area contributed by atoms with Crippen LogP contribution in [0.15, 0.2) is 24.3 Å². The first-order valence-electron chi connectivity index (χ1n) is 7.71. The average Bonchev–Trinajstić information content (AvgIpc) is 2.92. The molecule has 1 aromatic carbocycles. The van der Waals surface area contributed by atoms with E-state index in [-0.39, 0.29) is 18.7 Å². The van der Waals surface area contributed by atoms with Crippen LogP contribution in [0.25, 0.3) is 0 Å². The van der Waals surface area contributed by atoms with E-state index in [1.807, 2.05) is 45.0 Å². The van der Waals surface area contributed by atoms with Crippen LogP contribution in [0, 0.1) is 0 Å². The second-order valence-electron chi connectivity index (χ2n) is 6.59. The minimum Gasteiger partial charge on any atom is -0.491 e. The highest BCUT2D eigenvalue weighted by Crippen LogP contribution is 2.22. The number of ether oxygens (including phenoxy) is 2. The zero-order chi connectivity index (χ0) is 16.2. The van der Waals surface area contributed by atoms with Crippen LogP contribution in [0.5, 0.6) is 5.75 Å². The summed E-state index contributed by atoms with van der Waals surface area (Å²) < 4.78 is 11.2. The highest BCUT2D eigenvalue weighted by molar-refractivity contribution is 5.69. The molecule has 0 aliphatic carbocycles. The maximum Gasteiger partial charge on any atom is 0.410 e. The van der Waals surface area contributed by atoms with Gasteiger partial charge in [-0.25, -0.2) is 4.79 Å². The summed E-state index contributed by atoms with van der Waals surface area (Å²) in [5.74, 6) is 0.711. The Bertz CT molecular complexity index is 510. The Morgan fingerprint density at radius 2 is 2.18 bits per heavy atom. The predicted octanol–water partition coefficient (Wildman–Crippen LogP) is 2.96. The Balaban J connectivity index is 1.92. The first kappa shape index (κ1) is 16.6. The molecule has 5 nitrogen and oxygen atoms in total. The van der Waals surface area contributed by atoms with Crippen molar-refractivity contribution < 1.29 is 19.4 Å². The molecule has 1 saturated heterocycles. The first-order chi connectivity index (χ1) is 10.4. The zero-order valence-corrected chi connectivity index (χ0v) is 13.5. The summed E-state index contributed by atoms with van der Waals surface area (Å²) in [7, 11) is 0. The third-order valence-electron chi connectivity index (χ3n) is 3.53. The van der Waals surface area contributed by atoms with Gasteiger partial charge in [0.05, 0.1) is 12.6 Å². The Kier molecular flexibility index (Phi) is 5.29. The summed E-state index contributed by atoms with van der Waals surface area (Å²) in [5, 5.41) is 9.14. The van der Waals surface area contributed by atoms with E-state index in [1.165, 1.54) is 0 Å². The predicted molar refractivity (Wildman–Crippen MR) is 83.8 cm³/mol. The Morgan fingerprint density at radius 3 is 2.86 bits per heavy atom. The number of likely N-dealkylation sites (tertiary alicyclic amines) is 1. The Morgan fingerprint density at radius 1 is 1.41 bits per heavy atom. The molecule has 122 valence electrons. The average molecular weight is 307 g/mol. The molecular formula is C17H25NO4. The lowest BCUT2D eigenvalue weighted by molar-refractivity contribution is 0.0187. The van der Waals surface area contributed by atoms with E-state index in [9.17, 15) is 4.79 Å². The number of hydrogen-bond donors (Lipinski definition) is 1. The molecular weight excluding hydrogens is 282 g/mol. The normalized spacial score (nSPS) is 18.4. The molecule has 5 heteroatoms. The number of amides is 1. The highest BCUT2D eigenvalue weighted by Gasteiger charge is 2.32. The fourth-order valence-corrected chi connectivity index (χ4v) is 2.50. The molecule has 0 unspecified atom stereocenters. The van der Waals surface area contributed by atoms with Crippen LogP contribution in [0.3, 0.4) is 0 Å². The van der Waals surface area contributed by atoms with Gasteiger partial charge in [-0.15, -0.1) is 0 Å². The molecule has 1 N–H and O–H groups in total. The number of carbonyl (C=O) groups excluding carboxylic acids is 1. The quantitative estimate of drug-likeness (QED) is 0.929. The van der Waals surface area contributed by atoms with Crippen molar-refractivity contribution in [3.8, 4) is 5.75 Å². The van der Waals surface area contributed by atoms with Gasteiger partial charge in [0.25, 0.3) is 0 Å². The summed E-state index contributed by atoms with van der Waals surface area (Å²) >= 11 is 0. The Labute approximate surface area is 131 Å². The van der Waals surface area contributed by atoms with Crippen molar-refractivity contribution in [2.45, 2.75) is 51.9 Å². The van der Waals surface area contributed by atoms with Gasteiger partial charge < -0.3 is 19.5 Å². The molecule has 1 atom stereocenters. The lowest BCUT2D eigenvalue weighted by atomic mass is 10.2. The lowest BCUT2D eigenvalue weighted by Crippen LogP contribution is -2.42. The lowest BCUT2D eigenvalue weighted by Gasteiger charge is -2.28. The highest BCUT2D eigenvalue weighted by atomic mass is 16.6. The van der Waals surface area contributed by atoms with Crippen LogP contribution in [0.2, 0.25) is 0 Å². The molecule has 1 aliphatic rings. The molecule has 0 bridgehead atoms. The van der Waals surface area contributed by atoms with E-state index >= 15 is 0 Å². The van der Waals surface area contributed by atoms with E-state index in [0.717, 1.165) is 18.4 Å². The van der Waals surface area contributed by atoms with Crippen molar-refractivity contribution in [1.82, 2.24) is 4.90 Å². The van der Waals surface area contributed by atoms with E-state index in [1.54, 1.807) is 4.90 Å². The van der Waals surface area contributed by atoms with Gasteiger partial charge >= 0.3 is 6.09 Å². The van der Waals surface area contributed by atoms with E-state index in [2.05, 4.69) is 0 Å². The first-order valence-corrected chi connectivity index (χ1v) is 7.71. The van der Waals surface area contributed by atoms with Gasteiger partial charge in [0.1, 0.15) is 18.0 Å². The van der Waals surface area contributed by atoms with Gasteiger partial charge in [-0.1, -0.05) is 12.1 Å². The molecule has 1 amide bonds. The topological polar surface area (TPSA) is 59.0 Å². The molecule has 1 aromatic rings. The largest absolute Gasteiger partial charge is 0.491 e. The number of aliphatic hydroxyl groups is 1. The van der Waals surface area contributed by atoms with Crippen LogP contribution >= 0.6 is 0 Å². The molecule has 0 aromatic heterocycles. The van der Waals surface area contributed by atoms with Crippen molar-refractivity contribution in [3.05, 3.63) is 29.8 Å². The van der Waals surface area contributed by atoms with Gasteiger partial charge in [-0.2, -0.15) is 0 Å². The molecule has 2 rings (SSSR count). The maximum atomic E-state index is 12.2. The molecule has 22 heavy (non-hydrogen) atoms. The second-order valence-corrected chi connectivity index (χ2v) is 6.59. The minimum atomic E-state index is -0.486. The van der Waals surface area contributed by atoms with Gasteiger partial charge in [0.2, 0.25) is 0 Å². The summed E-state index contributed by atoms with van der Waals surface area (Å²) in [4.78, 5) is 13.9. The number of benzene rings is 1. The van der Waals surface area contributed by atoms with Gasteiger partial charge in [-0.3, -0.25) is 0 Å². The smallest absolute Gasteiger partial charge is 0.410 e. The van der Waals surface area contributed by atoms with E-state index < -0.39 is 5.60 Å². The zero-order valence-electron chi connectivity index (χ0n) is 13.5. The van der Waals surface area contributed by atoms with Crippen LogP contribution in [-0.4, -0.2) is 40.9 Å². The second kappa shape index (κ2) is 7.01. The van der Waals surface area contributed by atoms with Crippen molar-refractivity contribution >= 4 is 6.09 Å². The van der Waals surface area contributed by atoms with E-state index in [4.69, 9.17) is 14.6 Å². The van der Waals surface area contributed by atoms with Crippen LogP contribution in [0.4, 0.5) is 4.79 Å². The number of rotatable bonds is 4. The number of hydrogen-bond acceptors (Lipinski definition) is 4. The Hall–Kier alpha value is -1.75. The molecule has 1 aliphatic heterocycles. The van der Waals surface area contributed by atoms with Crippen molar-refractivity contribution in [2.24, 2.45) is 0 Å². The van der Waals surface area contributed by atoms with E-state index in [0.29, 0.717) is 18.9 Å². The monoisotopic (exact) mass is 307 g/mol. The van der Waals surface area contributed by atoms with Gasteiger partial charge in [0.15, 0.2) is 0 Å². The number of nitrogens with zero attached hydrogens (tertiary/aromatic N) is 1. The van der Waals surface area contributed by atoms with Crippen LogP contribution in [0.1, 0.15) is 39.2 Å². The third kappa shape index (κ3) is 4.63. The fourth-order valence-electron chi connectivity index (χ4n) is 2.50. The van der Waals surface area contributed by atoms with Crippen LogP contribution < -0.4 is 4.74 Å². The van der Waals surface area contributed by atoms with Crippen molar-refractivity contribution in [1.29, 1.82) is 0 Å². The summed E-state index contributed by atoms with van der Waals surface area (Å²) in [6, 6.07) is 7.39. The van der Waals surface area contributed by atoms with Gasteiger partial charge in [-0.05, 0) is 51.3 Å². The third-order valence-corrected chi connectivity index (χ3v) is 3.53. The SMILES string of the molecule is CC(C)(C)OC(=O)N1CCC[C@H]1COc1cccc(CO)c1. The van der Waals surface area contributed by atoms with Crippen molar-refractivity contribution in [2.75, 3.05) is 13.2 Å². The molecule has 1 heterocycles. The molecule has 0 spiro atoms. The standard InChI is InChI=1S/C17H25NO4/c1-17(2,3)22-16(20)18-9-5-7-14(18)12-21-15-8-4-6-13(10-15)11-19/h4,6,8,10,14,19H,5,7,9,11-12H2,1-3H3/t14-/m0/s1. The fraction of sp³-hybridized carbons (Fsp3) is 0.588. The molecule has 0 radical (unpaired) electrons. The minimum absolute atomic E-state index is 0.00926. The molecule has 0 saturated carbocycles. The van der Waals surface area contributed by atoms with Crippen molar-refractivity contribution in [3.63, 3.8) is 0 Å². The number of carbonyl (C=O) groups is 1. The van der Waals surface area contributed by atoms with Crippen LogP contribution in [-0.2, 0) is 11.3 Å². The summed E-state index contributed by atoms with van der Waals surface area (Å²) in [5.41, 5.74) is 0.327. The molecule has 1 fully saturated rings. The summed E-state index contributed by atoms with van der Waals surface area (Å²) in [6.45, 7) is 6.74.